The zero-order valence-electron chi connectivity index (χ0n) is 14.2. The molecule has 0 amide bonds. The molecule has 8 heteroatoms. The molecule has 0 heterocycles. The van der Waals surface area contributed by atoms with E-state index in [0.29, 0.717) is 17.1 Å². The Morgan fingerprint density at radius 2 is 1.72 bits per heavy atom. The van der Waals surface area contributed by atoms with Crippen molar-refractivity contribution in [1.82, 2.24) is 4.72 Å². The number of aliphatic hydroxyl groups is 1. The average molecular weight is 383 g/mol. The van der Waals surface area contributed by atoms with Gasteiger partial charge in [0.1, 0.15) is 0 Å². The lowest BCUT2D eigenvalue weighted by Gasteiger charge is -2.14. The number of hydrogen-bond donors (Lipinski definition) is 2. The molecule has 0 aliphatic heterocycles. The van der Waals surface area contributed by atoms with Crippen molar-refractivity contribution in [1.29, 1.82) is 0 Å². The second kappa shape index (κ2) is 8.57. The first-order valence-corrected chi connectivity index (χ1v) is 10.2. The van der Waals surface area contributed by atoms with Gasteiger partial charge in [0, 0.05) is 17.5 Å². The van der Waals surface area contributed by atoms with E-state index < -0.39 is 16.1 Å². The van der Waals surface area contributed by atoms with Crippen LogP contribution in [0.4, 0.5) is 0 Å². The summed E-state index contributed by atoms with van der Waals surface area (Å²) in [4.78, 5) is 1.11. The third-order valence-corrected chi connectivity index (χ3v) is 5.80. The molecule has 0 aliphatic rings. The van der Waals surface area contributed by atoms with Gasteiger partial charge in [-0.15, -0.1) is 11.8 Å². The van der Waals surface area contributed by atoms with Crippen LogP contribution in [0.3, 0.4) is 0 Å². The lowest BCUT2D eigenvalue weighted by Crippen LogP contribution is -2.28. The Balaban J connectivity index is 2.10. The zero-order chi connectivity index (χ0) is 18.4. The van der Waals surface area contributed by atoms with Gasteiger partial charge in [0.15, 0.2) is 11.5 Å². The largest absolute Gasteiger partial charge is 0.493 e. The summed E-state index contributed by atoms with van der Waals surface area (Å²) in [6.07, 6.45) is 1.02. The molecule has 2 aromatic carbocycles. The first-order valence-electron chi connectivity index (χ1n) is 7.45. The van der Waals surface area contributed by atoms with Crippen LogP contribution < -0.4 is 14.2 Å². The lowest BCUT2D eigenvalue weighted by molar-refractivity contribution is 0.182. The Hall–Kier alpha value is -1.74. The minimum Gasteiger partial charge on any atom is -0.493 e. The van der Waals surface area contributed by atoms with E-state index in [4.69, 9.17) is 9.47 Å². The number of ether oxygens (including phenoxy) is 2. The molecule has 0 spiro atoms. The van der Waals surface area contributed by atoms with Crippen molar-refractivity contribution in [2.75, 3.05) is 27.0 Å². The van der Waals surface area contributed by atoms with E-state index in [9.17, 15) is 13.5 Å². The molecule has 0 bridgehead atoms. The van der Waals surface area contributed by atoms with Crippen molar-refractivity contribution in [3.8, 4) is 11.5 Å². The molecule has 6 nitrogen and oxygen atoms in total. The second-order valence-corrected chi connectivity index (χ2v) is 7.80. The Labute approximate surface area is 152 Å². The van der Waals surface area contributed by atoms with Crippen LogP contribution >= 0.6 is 11.8 Å². The van der Waals surface area contributed by atoms with Gasteiger partial charge < -0.3 is 14.6 Å². The minimum absolute atomic E-state index is 0.0371. The topological polar surface area (TPSA) is 84.9 Å². The lowest BCUT2D eigenvalue weighted by atomic mass is 10.1. The first-order chi connectivity index (χ1) is 11.9. The maximum absolute atomic E-state index is 12.4. The van der Waals surface area contributed by atoms with Gasteiger partial charge in [-0.25, -0.2) is 13.1 Å². The van der Waals surface area contributed by atoms with Crippen molar-refractivity contribution < 1.29 is 23.0 Å². The standard InChI is InChI=1S/C17H21NO5S2/c1-22-16-9-8-14(10-17(16)23-2)25(20,21)18-11-15(19)12-4-6-13(24-3)7-5-12/h4-10,15,18-19H,11H2,1-3H3/t15-/m0/s1. The number of nitrogens with one attached hydrogen (secondary N) is 1. The molecular formula is C17H21NO5S2. The molecule has 0 aromatic heterocycles. The number of sulfonamides is 1. The Morgan fingerprint density at radius 1 is 1.08 bits per heavy atom. The summed E-state index contributed by atoms with van der Waals surface area (Å²) in [6.45, 7) is -0.130. The summed E-state index contributed by atoms with van der Waals surface area (Å²) in [7, 11) is -0.874. The smallest absolute Gasteiger partial charge is 0.240 e. The molecule has 2 aromatic rings. The van der Waals surface area contributed by atoms with E-state index in [1.165, 1.54) is 32.4 Å². The SMILES string of the molecule is COc1ccc(S(=O)(=O)NC[C@H](O)c2ccc(SC)cc2)cc1OC. The molecule has 0 unspecified atom stereocenters. The van der Waals surface area contributed by atoms with E-state index in [1.54, 1.807) is 23.9 Å². The highest BCUT2D eigenvalue weighted by atomic mass is 32.2. The summed E-state index contributed by atoms with van der Waals surface area (Å²) in [5, 5.41) is 10.2. The fraction of sp³-hybridized carbons (Fsp3) is 0.294. The van der Waals surface area contributed by atoms with Gasteiger partial charge in [0.25, 0.3) is 0 Å². The fourth-order valence-corrected chi connectivity index (χ4v) is 3.66. The summed E-state index contributed by atoms with van der Waals surface area (Å²) in [6, 6.07) is 11.6. The minimum atomic E-state index is -3.78. The number of rotatable bonds is 8. The highest BCUT2D eigenvalue weighted by Crippen LogP contribution is 2.29. The number of benzene rings is 2. The predicted molar refractivity (Wildman–Crippen MR) is 97.9 cm³/mol. The summed E-state index contributed by atoms with van der Waals surface area (Å²) >= 11 is 1.60. The van der Waals surface area contributed by atoms with E-state index in [1.807, 2.05) is 18.4 Å². The van der Waals surface area contributed by atoms with Crippen LogP contribution in [0.1, 0.15) is 11.7 Å². The van der Waals surface area contributed by atoms with Gasteiger partial charge in [-0.2, -0.15) is 0 Å². The monoisotopic (exact) mass is 383 g/mol. The molecular weight excluding hydrogens is 362 g/mol. The molecule has 0 saturated heterocycles. The van der Waals surface area contributed by atoms with Crippen molar-refractivity contribution >= 4 is 21.8 Å². The van der Waals surface area contributed by atoms with Gasteiger partial charge in [0.2, 0.25) is 10.0 Å². The van der Waals surface area contributed by atoms with E-state index in [0.717, 1.165) is 4.90 Å². The molecule has 2 N–H and O–H groups in total. The van der Waals surface area contributed by atoms with E-state index in [-0.39, 0.29) is 11.4 Å². The molecule has 2 rings (SSSR count). The van der Waals surface area contributed by atoms with Crippen LogP contribution in [0.5, 0.6) is 11.5 Å². The van der Waals surface area contributed by atoms with Crippen molar-refractivity contribution in [2.45, 2.75) is 15.9 Å². The Morgan fingerprint density at radius 3 is 2.28 bits per heavy atom. The van der Waals surface area contributed by atoms with Crippen LogP contribution in [0.15, 0.2) is 52.3 Å². The van der Waals surface area contributed by atoms with Gasteiger partial charge in [-0.1, -0.05) is 12.1 Å². The first kappa shape index (κ1) is 19.6. The third-order valence-electron chi connectivity index (χ3n) is 3.63. The molecule has 1 atom stereocenters. The highest BCUT2D eigenvalue weighted by molar-refractivity contribution is 7.98. The number of aliphatic hydroxyl groups excluding tert-OH is 1. The Bertz CT molecular complexity index is 806. The predicted octanol–water partition coefficient (Wildman–Crippen LogP) is 2.44. The molecule has 0 saturated carbocycles. The number of methoxy groups -OCH3 is 2. The average Bonchev–Trinajstić information content (AvgIpc) is 2.65. The van der Waals surface area contributed by atoms with Crippen LogP contribution in [0.2, 0.25) is 0 Å². The molecule has 25 heavy (non-hydrogen) atoms. The second-order valence-electron chi connectivity index (χ2n) is 5.16. The van der Waals surface area contributed by atoms with Gasteiger partial charge in [0.05, 0.1) is 25.2 Å². The van der Waals surface area contributed by atoms with Crippen LogP contribution in [-0.4, -0.2) is 40.5 Å². The van der Waals surface area contributed by atoms with Crippen LogP contribution in [-0.2, 0) is 10.0 Å². The maximum atomic E-state index is 12.4. The van der Waals surface area contributed by atoms with Crippen molar-refractivity contribution in [3.63, 3.8) is 0 Å². The molecule has 136 valence electrons. The Kier molecular flexibility index (Phi) is 6.71. The van der Waals surface area contributed by atoms with E-state index >= 15 is 0 Å². The van der Waals surface area contributed by atoms with Gasteiger partial charge in [-0.3, -0.25) is 0 Å². The van der Waals surface area contributed by atoms with Gasteiger partial charge in [-0.05, 0) is 36.1 Å². The maximum Gasteiger partial charge on any atom is 0.240 e. The van der Waals surface area contributed by atoms with Crippen molar-refractivity contribution in [3.05, 3.63) is 48.0 Å². The molecule has 0 radical (unpaired) electrons. The van der Waals surface area contributed by atoms with E-state index in [2.05, 4.69) is 4.72 Å². The third kappa shape index (κ3) is 4.88. The van der Waals surface area contributed by atoms with Gasteiger partial charge >= 0.3 is 0 Å². The highest BCUT2D eigenvalue weighted by Gasteiger charge is 2.19. The normalized spacial score (nSPS) is 12.6. The number of thioether (sulfide) groups is 1. The summed E-state index contributed by atoms with van der Waals surface area (Å²) < 4.78 is 37.5. The summed E-state index contributed by atoms with van der Waals surface area (Å²) in [5.74, 6) is 0.758. The van der Waals surface area contributed by atoms with Crippen molar-refractivity contribution in [2.24, 2.45) is 0 Å². The quantitative estimate of drug-likeness (QED) is 0.681. The van der Waals surface area contributed by atoms with Crippen LogP contribution in [0, 0.1) is 0 Å². The fourth-order valence-electron chi connectivity index (χ4n) is 2.20. The molecule has 0 aliphatic carbocycles. The molecule has 0 fully saturated rings. The number of hydrogen-bond acceptors (Lipinski definition) is 6. The summed E-state index contributed by atoms with van der Waals surface area (Å²) in [5.41, 5.74) is 0.646. The van der Waals surface area contributed by atoms with Crippen LogP contribution in [0.25, 0.3) is 0 Å². The zero-order valence-corrected chi connectivity index (χ0v) is 15.9.